The highest BCUT2D eigenvalue weighted by Crippen LogP contribution is 2.22. The molecule has 0 heterocycles. The Morgan fingerprint density at radius 1 is 1.21 bits per heavy atom. The second-order valence-electron chi connectivity index (χ2n) is 6.66. The summed E-state index contributed by atoms with van der Waals surface area (Å²) in [5, 5.41) is 9.21. The van der Waals surface area contributed by atoms with E-state index in [9.17, 15) is 9.65 Å². The number of rotatable bonds is 9. The normalized spacial score (nSPS) is 11.8. The van der Waals surface area contributed by atoms with Gasteiger partial charge in [-0.05, 0) is 79.8 Å². The summed E-state index contributed by atoms with van der Waals surface area (Å²) in [7, 11) is 0. The first-order valence-corrected chi connectivity index (χ1v) is 9.30. The van der Waals surface area contributed by atoms with Gasteiger partial charge in [-0.1, -0.05) is 49.1 Å². The topological polar surface area (TPSA) is 36.1 Å². The van der Waals surface area contributed by atoms with Crippen molar-refractivity contribution in [1.82, 2.24) is 0 Å². The maximum absolute atomic E-state index is 13.3. The molecule has 2 nitrogen and oxygen atoms in total. The zero-order valence-corrected chi connectivity index (χ0v) is 16.3. The van der Waals surface area contributed by atoms with Crippen LogP contribution in [-0.2, 0) is 12.8 Å². The third kappa shape index (κ3) is 6.17. The first-order valence-electron chi connectivity index (χ1n) is 9.30. The molecule has 0 amide bonds. The van der Waals surface area contributed by atoms with Gasteiger partial charge in [0.1, 0.15) is 5.82 Å². The maximum atomic E-state index is 13.3. The van der Waals surface area contributed by atoms with Gasteiger partial charge in [-0.3, -0.25) is 4.99 Å². The van der Waals surface area contributed by atoms with Crippen molar-refractivity contribution in [3.8, 4) is 6.07 Å². The number of nitrogens with zero attached hydrogens (tertiary/aromatic N) is 2. The van der Waals surface area contributed by atoms with Crippen LogP contribution in [0.25, 0.3) is 0 Å². The molecule has 0 atom stereocenters. The van der Waals surface area contributed by atoms with Gasteiger partial charge in [-0.15, -0.1) is 0 Å². The molecule has 0 aliphatic carbocycles. The Balaban J connectivity index is 2.09. The standard InChI is InChI=1S/C25H25FN2/c1-19(2)24(15-8-13-21-11-4-5-12-22(21)18-27)25(28-3)16-7-10-20-9-6-14-23(26)17-20/h4-6,8-9,11-12,14-15,17H,1,3,7,10,13,16H2,2H3/b15-8-,25-24+. The summed E-state index contributed by atoms with van der Waals surface area (Å²) in [6.45, 7) is 9.72. The molecule has 2 aromatic carbocycles. The zero-order chi connectivity index (χ0) is 20.4. The van der Waals surface area contributed by atoms with E-state index in [4.69, 9.17) is 0 Å². The predicted molar refractivity (Wildman–Crippen MR) is 115 cm³/mol. The average Bonchev–Trinajstić information content (AvgIpc) is 2.69. The summed E-state index contributed by atoms with van der Waals surface area (Å²) >= 11 is 0. The van der Waals surface area contributed by atoms with Crippen molar-refractivity contribution in [2.75, 3.05) is 0 Å². The van der Waals surface area contributed by atoms with Crippen LogP contribution in [-0.4, -0.2) is 6.72 Å². The van der Waals surface area contributed by atoms with Crippen LogP contribution in [0.4, 0.5) is 4.39 Å². The molecule has 0 N–H and O–H groups in total. The molecule has 2 rings (SSSR count). The number of allylic oxidation sites excluding steroid dienone is 5. The van der Waals surface area contributed by atoms with Gasteiger partial charge in [0.15, 0.2) is 0 Å². The van der Waals surface area contributed by atoms with Crippen LogP contribution < -0.4 is 0 Å². The molecular formula is C25H25FN2. The van der Waals surface area contributed by atoms with E-state index in [1.54, 1.807) is 12.1 Å². The number of aliphatic imine (C=N–C) groups is 1. The van der Waals surface area contributed by atoms with Gasteiger partial charge in [0.05, 0.1) is 11.6 Å². The Morgan fingerprint density at radius 2 is 2.00 bits per heavy atom. The van der Waals surface area contributed by atoms with Gasteiger partial charge in [-0.2, -0.15) is 5.26 Å². The number of hydrogen-bond acceptors (Lipinski definition) is 2. The third-order valence-corrected chi connectivity index (χ3v) is 4.49. The molecule has 3 heteroatoms. The lowest BCUT2D eigenvalue weighted by Gasteiger charge is -2.09. The molecule has 142 valence electrons. The van der Waals surface area contributed by atoms with E-state index in [1.165, 1.54) is 6.07 Å². The summed E-state index contributed by atoms with van der Waals surface area (Å²) in [6.07, 6.45) is 7.05. The largest absolute Gasteiger partial charge is 0.268 e. The van der Waals surface area contributed by atoms with Crippen molar-refractivity contribution >= 4 is 6.72 Å². The zero-order valence-electron chi connectivity index (χ0n) is 16.3. The molecule has 0 aliphatic rings. The van der Waals surface area contributed by atoms with Gasteiger partial charge in [0.25, 0.3) is 0 Å². The minimum absolute atomic E-state index is 0.210. The van der Waals surface area contributed by atoms with Crippen LogP contribution in [0, 0.1) is 17.1 Å². The highest BCUT2D eigenvalue weighted by atomic mass is 19.1. The minimum atomic E-state index is -0.210. The summed E-state index contributed by atoms with van der Waals surface area (Å²) in [4.78, 5) is 4.21. The van der Waals surface area contributed by atoms with E-state index >= 15 is 0 Å². The van der Waals surface area contributed by atoms with Gasteiger partial charge in [0.2, 0.25) is 0 Å². The van der Waals surface area contributed by atoms with E-state index < -0.39 is 0 Å². The van der Waals surface area contributed by atoms with E-state index in [0.717, 1.165) is 47.2 Å². The molecule has 0 saturated carbocycles. The van der Waals surface area contributed by atoms with Crippen LogP contribution in [0.15, 0.2) is 89.1 Å². The van der Waals surface area contributed by atoms with E-state index in [1.807, 2.05) is 49.4 Å². The van der Waals surface area contributed by atoms with Crippen molar-refractivity contribution in [2.45, 2.75) is 32.6 Å². The fourth-order valence-corrected chi connectivity index (χ4v) is 3.05. The number of halogens is 1. The molecule has 0 fully saturated rings. The maximum Gasteiger partial charge on any atom is 0.123 e. The van der Waals surface area contributed by atoms with Crippen LogP contribution in [0.2, 0.25) is 0 Å². The minimum Gasteiger partial charge on any atom is -0.268 e. The van der Waals surface area contributed by atoms with Gasteiger partial charge >= 0.3 is 0 Å². The number of benzene rings is 2. The van der Waals surface area contributed by atoms with E-state index in [0.29, 0.717) is 12.0 Å². The fourth-order valence-electron chi connectivity index (χ4n) is 3.05. The number of nitriles is 1. The van der Waals surface area contributed by atoms with E-state index in [2.05, 4.69) is 24.4 Å². The quantitative estimate of drug-likeness (QED) is 0.373. The first kappa shape index (κ1) is 21.1. The molecule has 0 aliphatic heterocycles. The molecule has 0 unspecified atom stereocenters. The summed E-state index contributed by atoms with van der Waals surface area (Å²) in [5.41, 5.74) is 5.41. The summed E-state index contributed by atoms with van der Waals surface area (Å²) < 4.78 is 13.3. The molecule has 28 heavy (non-hydrogen) atoms. The lowest BCUT2D eigenvalue weighted by atomic mass is 9.99. The Hall–Kier alpha value is -3.25. The molecule has 0 bridgehead atoms. The van der Waals surface area contributed by atoms with Gasteiger partial charge in [-0.25, -0.2) is 4.39 Å². The second kappa shape index (κ2) is 10.8. The third-order valence-electron chi connectivity index (χ3n) is 4.49. The Bertz CT molecular complexity index is 945. The average molecular weight is 372 g/mol. The molecule has 0 aromatic heterocycles. The van der Waals surface area contributed by atoms with Crippen LogP contribution in [0.1, 0.15) is 36.5 Å². The number of hydrogen-bond donors (Lipinski definition) is 0. The van der Waals surface area contributed by atoms with Crippen molar-refractivity contribution in [3.63, 3.8) is 0 Å². The molecule has 0 radical (unpaired) electrons. The summed E-state index contributed by atoms with van der Waals surface area (Å²) in [6, 6.07) is 16.5. The Morgan fingerprint density at radius 3 is 2.68 bits per heavy atom. The van der Waals surface area contributed by atoms with Crippen LogP contribution >= 0.6 is 0 Å². The SMILES string of the molecule is C=N/C(CCCc1cccc(F)c1)=C(\C=C/Cc1ccccc1C#N)C(=C)C. The highest BCUT2D eigenvalue weighted by molar-refractivity contribution is 5.45. The van der Waals surface area contributed by atoms with Crippen LogP contribution in [0.5, 0.6) is 0 Å². The monoisotopic (exact) mass is 372 g/mol. The molecular weight excluding hydrogens is 347 g/mol. The first-order chi connectivity index (χ1) is 13.5. The lowest BCUT2D eigenvalue weighted by molar-refractivity contribution is 0.624. The Labute approximate surface area is 167 Å². The summed E-state index contributed by atoms with van der Waals surface area (Å²) in [5.74, 6) is -0.210. The van der Waals surface area contributed by atoms with Crippen molar-refractivity contribution < 1.29 is 4.39 Å². The lowest BCUT2D eigenvalue weighted by Crippen LogP contribution is -1.93. The highest BCUT2D eigenvalue weighted by Gasteiger charge is 2.05. The second-order valence-corrected chi connectivity index (χ2v) is 6.66. The van der Waals surface area contributed by atoms with Crippen molar-refractivity contribution in [1.29, 1.82) is 5.26 Å². The van der Waals surface area contributed by atoms with E-state index in [-0.39, 0.29) is 5.82 Å². The van der Waals surface area contributed by atoms with Crippen LogP contribution in [0.3, 0.4) is 0 Å². The molecule has 0 saturated heterocycles. The Kier molecular flexibility index (Phi) is 8.11. The molecule has 0 spiro atoms. The van der Waals surface area contributed by atoms with Crippen molar-refractivity contribution in [2.24, 2.45) is 4.99 Å². The van der Waals surface area contributed by atoms with Gasteiger partial charge < -0.3 is 0 Å². The smallest absolute Gasteiger partial charge is 0.123 e. The van der Waals surface area contributed by atoms with Gasteiger partial charge in [0, 0.05) is 5.70 Å². The molecule has 2 aromatic rings. The predicted octanol–water partition coefficient (Wildman–Crippen LogP) is 6.35. The number of aryl methyl sites for hydroxylation is 1. The van der Waals surface area contributed by atoms with Crippen molar-refractivity contribution in [3.05, 3.63) is 107 Å². The fraction of sp³-hybridized carbons (Fsp3) is 0.200.